The number of amides is 1. The van der Waals surface area contributed by atoms with Crippen molar-refractivity contribution in [2.24, 2.45) is 0 Å². The van der Waals surface area contributed by atoms with Gasteiger partial charge in [-0.05, 0) is 50.6 Å². The predicted molar refractivity (Wildman–Crippen MR) is 112 cm³/mol. The van der Waals surface area contributed by atoms with Crippen molar-refractivity contribution < 1.29 is 14.3 Å². The lowest BCUT2D eigenvalue weighted by Crippen LogP contribution is -2.16. The molecular formula is C22H22N4O3. The minimum Gasteiger partial charge on any atom is -0.465 e. The second-order valence-corrected chi connectivity index (χ2v) is 6.66. The van der Waals surface area contributed by atoms with Crippen LogP contribution in [0, 0.1) is 20.8 Å². The predicted octanol–water partition coefficient (Wildman–Crippen LogP) is 4.18. The lowest BCUT2D eigenvalue weighted by Gasteiger charge is -2.12. The molecule has 3 rings (SSSR count). The van der Waals surface area contributed by atoms with E-state index in [0.717, 1.165) is 11.3 Å². The van der Waals surface area contributed by atoms with Crippen LogP contribution in [0.25, 0.3) is 0 Å². The maximum atomic E-state index is 12.7. The fourth-order valence-electron chi connectivity index (χ4n) is 2.88. The average Bonchev–Trinajstić information content (AvgIpc) is 2.69. The number of nitrogens with zero attached hydrogens (tertiary/aromatic N) is 2. The van der Waals surface area contributed by atoms with Gasteiger partial charge in [-0.2, -0.15) is 0 Å². The second kappa shape index (κ2) is 8.52. The number of ether oxygens (including phenoxy) is 1. The molecule has 0 saturated carbocycles. The van der Waals surface area contributed by atoms with E-state index in [-0.39, 0.29) is 5.69 Å². The highest BCUT2D eigenvalue weighted by atomic mass is 16.5. The molecule has 2 aromatic carbocycles. The van der Waals surface area contributed by atoms with Gasteiger partial charge in [0, 0.05) is 17.4 Å². The lowest BCUT2D eigenvalue weighted by atomic mass is 10.1. The zero-order chi connectivity index (χ0) is 21.0. The minimum absolute atomic E-state index is 0.216. The summed E-state index contributed by atoms with van der Waals surface area (Å²) in [7, 11) is 1.31. The molecule has 0 atom stereocenters. The molecule has 0 fully saturated rings. The highest BCUT2D eigenvalue weighted by molar-refractivity contribution is 6.04. The first-order valence-electron chi connectivity index (χ1n) is 9.05. The van der Waals surface area contributed by atoms with Crippen LogP contribution in [0.1, 0.15) is 37.8 Å². The molecule has 0 radical (unpaired) electrons. The number of aromatic nitrogens is 2. The molecule has 0 aliphatic heterocycles. The highest BCUT2D eigenvalue weighted by Crippen LogP contribution is 2.21. The number of esters is 1. The number of carbonyl (C=O) groups is 2. The van der Waals surface area contributed by atoms with Gasteiger partial charge in [-0.15, -0.1) is 0 Å². The van der Waals surface area contributed by atoms with E-state index >= 15 is 0 Å². The van der Waals surface area contributed by atoms with E-state index in [1.54, 1.807) is 37.3 Å². The molecule has 29 heavy (non-hydrogen) atoms. The van der Waals surface area contributed by atoms with E-state index in [2.05, 4.69) is 26.7 Å². The molecule has 2 N–H and O–H groups in total. The summed E-state index contributed by atoms with van der Waals surface area (Å²) in [6.07, 6.45) is 0. The minimum atomic E-state index is -0.473. The van der Waals surface area contributed by atoms with E-state index in [0.29, 0.717) is 22.9 Å². The van der Waals surface area contributed by atoms with Gasteiger partial charge in [-0.3, -0.25) is 4.79 Å². The zero-order valence-corrected chi connectivity index (χ0v) is 16.7. The summed E-state index contributed by atoms with van der Waals surface area (Å²) in [5.74, 6) is 0.117. The summed E-state index contributed by atoms with van der Waals surface area (Å²) in [5, 5.41) is 5.99. The molecule has 0 unspecified atom stereocenters. The zero-order valence-electron chi connectivity index (χ0n) is 16.7. The molecule has 1 amide bonds. The van der Waals surface area contributed by atoms with E-state index in [4.69, 9.17) is 4.74 Å². The topological polar surface area (TPSA) is 93.2 Å². The van der Waals surface area contributed by atoms with Gasteiger partial charge in [0.1, 0.15) is 17.3 Å². The largest absolute Gasteiger partial charge is 0.465 e. The number of hydrogen-bond acceptors (Lipinski definition) is 6. The number of nitrogens with one attached hydrogen (secondary N) is 2. The summed E-state index contributed by atoms with van der Waals surface area (Å²) in [6.45, 7) is 5.76. The Morgan fingerprint density at radius 1 is 0.966 bits per heavy atom. The Morgan fingerprint density at radius 3 is 2.48 bits per heavy atom. The van der Waals surface area contributed by atoms with Crippen LogP contribution >= 0.6 is 0 Å². The van der Waals surface area contributed by atoms with Crippen molar-refractivity contribution in [1.82, 2.24) is 9.97 Å². The Kier molecular flexibility index (Phi) is 5.87. The standard InChI is InChI=1S/C22H22N4O3/c1-13-8-9-18(14(2)10-13)26-20-12-19(23-15(3)24-20)21(27)25-17-7-5-6-16(11-17)22(28)29-4/h5-12H,1-4H3,(H,25,27)(H,23,24,26). The highest BCUT2D eigenvalue weighted by Gasteiger charge is 2.13. The quantitative estimate of drug-likeness (QED) is 0.635. The van der Waals surface area contributed by atoms with Crippen LogP contribution in [0.5, 0.6) is 0 Å². The van der Waals surface area contributed by atoms with E-state index in [9.17, 15) is 9.59 Å². The van der Waals surface area contributed by atoms with Gasteiger partial charge in [-0.25, -0.2) is 14.8 Å². The SMILES string of the molecule is COC(=O)c1cccc(NC(=O)c2cc(Nc3ccc(C)cc3C)nc(C)n2)c1. The smallest absolute Gasteiger partial charge is 0.337 e. The molecular weight excluding hydrogens is 368 g/mol. The van der Waals surface area contributed by atoms with Crippen LogP contribution in [0.2, 0.25) is 0 Å². The van der Waals surface area contributed by atoms with Crippen LogP contribution in [-0.2, 0) is 4.74 Å². The Bertz CT molecular complexity index is 1080. The van der Waals surface area contributed by atoms with Gasteiger partial charge in [0.2, 0.25) is 0 Å². The van der Waals surface area contributed by atoms with Crippen LogP contribution in [0.3, 0.4) is 0 Å². The van der Waals surface area contributed by atoms with Gasteiger partial charge in [-0.1, -0.05) is 23.8 Å². The van der Waals surface area contributed by atoms with Crippen LogP contribution in [-0.4, -0.2) is 29.0 Å². The summed E-state index contributed by atoms with van der Waals surface area (Å²) < 4.78 is 4.71. The number of rotatable bonds is 5. The van der Waals surface area contributed by atoms with Crippen LogP contribution < -0.4 is 10.6 Å². The number of carbonyl (C=O) groups excluding carboxylic acids is 2. The number of aryl methyl sites for hydroxylation is 3. The molecule has 148 valence electrons. The molecule has 0 aliphatic rings. The normalized spacial score (nSPS) is 10.3. The number of hydrogen-bond donors (Lipinski definition) is 2. The second-order valence-electron chi connectivity index (χ2n) is 6.66. The van der Waals surface area contributed by atoms with Crippen LogP contribution in [0.4, 0.5) is 17.2 Å². The molecule has 7 nitrogen and oxygen atoms in total. The molecule has 0 bridgehead atoms. The first-order chi connectivity index (χ1) is 13.9. The molecule has 3 aromatic rings. The van der Waals surface area contributed by atoms with Gasteiger partial charge < -0.3 is 15.4 Å². The first-order valence-corrected chi connectivity index (χ1v) is 9.05. The van der Waals surface area contributed by atoms with Crippen molar-refractivity contribution in [1.29, 1.82) is 0 Å². The third kappa shape index (κ3) is 4.95. The number of benzene rings is 2. The fourth-order valence-corrected chi connectivity index (χ4v) is 2.88. The fraction of sp³-hybridized carbons (Fsp3) is 0.182. The summed E-state index contributed by atoms with van der Waals surface area (Å²) in [6, 6.07) is 14.2. The van der Waals surface area contributed by atoms with Crippen LogP contribution in [0.15, 0.2) is 48.5 Å². The lowest BCUT2D eigenvalue weighted by molar-refractivity contribution is 0.0600. The molecule has 1 heterocycles. The maximum Gasteiger partial charge on any atom is 0.337 e. The Labute approximate surface area is 169 Å². The monoisotopic (exact) mass is 390 g/mol. The third-order valence-electron chi connectivity index (χ3n) is 4.26. The average molecular weight is 390 g/mol. The molecule has 1 aromatic heterocycles. The van der Waals surface area contributed by atoms with Gasteiger partial charge in [0.15, 0.2) is 0 Å². The van der Waals surface area contributed by atoms with Gasteiger partial charge >= 0.3 is 5.97 Å². The first kappa shape index (κ1) is 20.0. The Hall–Kier alpha value is -3.74. The Balaban J connectivity index is 1.82. The van der Waals surface area contributed by atoms with E-state index < -0.39 is 11.9 Å². The van der Waals surface area contributed by atoms with Crippen molar-refractivity contribution in [2.75, 3.05) is 17.7 Å². The molecule has 0 saturated heterocycles. The molecule has 0 spiro atoms. The van der Waals surface area contributed by atoms with E-state index in [1.165, 1.54) is 12.7 Å². The van der Waals surface area contributed by atoms with Crippen molar-refractivity contribution in [3.63, 3.8) is 0 Å². The third-order valence-corrected chi connectivity index (χ3v) is 4.26. The number of methoxy groups -OCH3 is 1. The van der Waals surface area contributed by atoms with Gasteiger partial charge in [0.25, 0.3) is 5.91 Å². The summed E-state index contributed by atoms with van der Waals surface area (Å²) in [5.41, 5.74) is 4.19. The maximum absolute atomic E-state index is 12.7. The van der Waals surface area contributed by atoms with Gasteiger partial charge in [0.05, 0.1) is 12.7 Å². The van der Waals surface area contributed by atoms with Crippen molar-refractivity contribution in [2.45, 2.75) is 20.8 Å². The van der Waals surface area contributed by atoms with Crippen molar-refractivity contribution >= 4 is 29.1 Å². The van der Waals surface area contributed by atoms with Crippen molar-refractivity contribution in [3.05, 3.63) is 76.7 Å². The molecule has 7 heteroatoms. The number of anilines is 3. The molecule has 0 aliphatic carbocycles. The Morgan fingerprint density at radius 2 is 1.76 bits per heavy atom. The van der Waals surface area contributed by atoms with E-state index in [1.807, 2.05) is 26.0 Å². The van der Waals surface area contributed by atoms with Crippen molar-refractivity contribution in [3.8, 4) is 0 Å². The summed E-state index contributed by atoms with van der Waals surface area (Å²) in [4.78, 5) is 33.0. The summed E-state index contributed by atoms with van der Waals surface area (Å²) >= 11 is 0.